The third-order valence-electron chi connectivity index (χ3n) is 2.84. The molecule has 0 aliphatic carbocycles. The van der Waals surface area contributed by atoms with E-state index in [4.69, 9.17) is 0 Å². The molecule has 1 heterocycles. The normalized spacial score (nSPS) is 11.9. The van der Waals surface area contributed by atoms with Gasteiger partial charge in [-0.1, -0.05) is 0 Å². The molecule has 0 atom stereocenters. The quantitative estimate of drug-likeness (QED) is 0.594. The third-order valence-corrected chi connectivity index (χ3v) is 4.96. The summed E-state index contributed by atoms with van der Waals surface area (Å²) in [6, 6.07) is 1.06. The van der Waals surface area contributed by atoms with Crippen molar-refractivity contribution in [3.63, 3.8) is 0 Å². The number of rotatable bonds is 7. The maximum Gasteiger partial charge on any atom is 0.312 e. The van der Waals surface area contributed by atoms with Gasteiger partial charge in [0.25, 0.3) is 0 Å². The highest BCUT2D eigenvalue weighted by atomic mass is 32.2. The van der Waals surface area contributed by atoms with Gasteiger partial charge < -0.3 is 10.2 Å². The lowest BCUT2D eigenvalue weighted by Gasteiger charge is -2.12. The van der Waals surface area contributed by atoms with Gasteiger partial charge in [0.15, 0.2) is 9.84 Å². The Morgan fingerprint density at radius 2 is 2.05 bits per heavy atom. The predicted octanol–water partition coefficient (Wildman–Crippen LogP) is 1.15. The standard InChI is InChI=1S/C12H20N4O4S/c1-9(2)21(19,20)10-7-11(16(17)18)12(14-8-10)13-5-6-15(3)4/h7-9H,5-6H2,1-4H3,(H,13,14). The molecule has 0 saturated heterocycles. The van der Waals surface area contributed by atoms with Crippen molar-refractivity contribution in [1.82, 2.24) is 9.88 Å². The number of pyridine rings is 1. The fourth-order valence-corrected chi connectivity index (χ4v) is 2.56. The van der Waals surface area contributed by atoms with Gasteiger partial charge in [0, 0.05) is 25.4 Å². The Bertz CT molecular complexity index is 614. The first-order chi connectivity index (χ1) is 9.66. The molecule has 0 amide bonds. The first kappa shape index (κ1) is 17.3. The van der Waals surface area contributed by atoms with Crippen LogP contribution in [-0.2, 0) is 9.84 Å². The second-order valence-electron chi connectivity index (χ2n) is 5.12. The average molecular weight is 316 g/mol. The minimum Gasteiger partial charge on any atom is -0.363 e. The van der Waals surface area contributed by atoms with E-state index in [1.165, 1.54) is 13.8 Å². The summed E-state index contributed by atoms with van der Waals surface area (Å²) in [4.78, 5) is 16.1. The third kappa shape index (κ3) is 4.36. The zero-order chi connectivity index (χ0) is 16.2. The van der Waals surface area contributed by atoms with Crippen LogP contribution < -0.4 is 5.32 Å². The van der Waals surface area contributed by atoms with Crippen molar-refractivity contribution in [2.45, 2.75) is 24.0 Å². The van der Waals surface area contributed by atoms with Gasteiger partial charge in [0.2, 0.25) is 5.82 Å². The fraction of sp³-hybridized carbons (Fsp3) is 0.583. The summed E-state index contributed by atoms with van der Waals surface area (Å²) < 4.78 is 24.1. The summed E-state index contributed by atoms with van der Waals surface area (Å²) in [5, 5.41) is 13.3. The Hall–Kier alpha value is -1.74. The lowest BCUT2D eigenvalue weighted by Crippen LogP contribution is -2.21. The molecule has 21 heavy (non-hydrogen) atoms. The molecule has 0 fully saturated rings. The molecule has 1 aromatic rings. The van der Waals surface area contributed by atoms with Crippen molar-refractivity contribution in [3.05, 3.63) is 22.4 Å². The highest BCUT2D eigenvalue weighted by Gasteiger charge is 2.25. The van der Waals surface area contributed by atoms with Crippen LogP contribution in [0.25, 0.3) is 0 Å². The SMILES string of the molecule is CC(C)S(=O)(=O)c1cnc(NCCN(C)C)c([N+](=O)[O-])c1. The molecule has 0 unspecified atom stereocenters. The van der Waals surface area contributed by atoms with Crippen LogP contribution >= 0.6 is 0 Å². The minimum absolute atomic E-state index is 0.0737. The number of sulfone groups is 1. The molecule has 118 valence electrons. The summed E-state index contributed by atoms with van der Waals surface area (Å²) in [7, 11) is 0.167. The summed E-state index contributed by atoms with van der Waals surface area (Å²) in [5.74, 6) is 0.0737. The molecule has 0 aromatic carbocycles. The van der Waals surface area contributed by atoms with E-state index in [9.17, 15) is 18.5 Å². The van der Waals surface area contributed by atoms with Crippen molar-refractivity contribution in [2.24, 2.45) is 0 Å². The van der Waals surface area contributed by atoms with Crippen LogP contribution in [0, 0.1) is 10.1 Å². The molecule has 0 spiro atoms. The van der Waals surface area contributed by atoms with Gasteiger partial charge in [-0.25, -0.2) is 13.4 Å². The van der Waals surface area contributed by atoms with Crippen LogP contribution in [-0.4, -0.2) is 55.7 Å². The minimum atomic E-state index is -3.59. The molecule has 8 nitrogen and oxygen atoms in total. The van der Waals surface area contributed by atoms with Crippen LogP contribution in [0.5, 0.6) is 0 Å². The van der Waals surface area contributed by atoms with Crippen molar-refractivity contribution in [1.29, 1.82) is 0 Å². The van der Waals surface area contributed by atoms with Gasteiger partial charge in [0.1, 0.15) is 0 Å². The molecule has 0 radical (unpaired) electrons. The molecule has 1 aromatic heterocycles. The van der Waals surface area contributed by atoms with E-state index >= 15 is 0 Å². The molecular formula is C12H20N4O4S. The second-order valence-corrected chi connectivity index (χ2v) is 7.62. The van der Waals surface area contributed by atoms with Gasteiger partial charge in [-0.3, -0.25) is 10.1 Å². The Kier molecular flexibility index (Phi) is 5.62. The topological polar surface area (TPSA) is 105 Å². The molecule has 0 aliphatic rings. The first-order valence-corrected chi connectivity index (χ1v) is 7.97. The van der Waals surface area contributed by atoms with E-state index in [1.54, 1.807) is 0 Å². The number of nitrogens with one attached hydrogen (secondary N) is 1. The monoisotopic (exact) mass is 316 g/mol. The molecule has 0 saturated carbocycles. The zero-order valence-corrected chi connectivity index (χ0v) is 13.3. The van der Waals surface area contributed by atoms with Crippen molar-refractivity contribution < 1.29 is 13.3 Å². The van der Waals surface area contributed by atoms with Crippen LogP contribution in [0.1, 0.15) is 13.8 Å². The Labute approximate surface area is 124 Å². The fourth-order valence-electron chi connectivity index (χ4n) is 1.54. The average Bonchev–Trinajstić information content (AvgIpc) is 2.37. The molecule has 0 bridgehead atoms. The lowest BCUT2D eigenvalue weighted by atomic mass is 10.4. The van der Waals surface area contributed by atoms with E-state index in [1.807, 2.05) is 19.0 Å². The number of hydrogen-bond acceptors (Lipinski definition) is 7. The van der Waals surface area contributed by atoms with Gasteiger partial charge in [0.05, 0.1) is 15.1 Å². The number of likely N-dealkylation sites (N-methyl/N-ethyl adjacent to an activating group) is 1. The zero-order valence-electron chi connectivity index (χ0n) is 12.5. The summed E-state index contributed by atoms with van der Waals surface area (Å²) in [6.07, 6.45) is 1.15. The van der Waals surface area contributed by atoms with Crippen molar-refractivity contribution in [3.8, 4) is 0 Å². The Morgan fingerprint density at radius 3 is 2.52 bits per heavy atom. The Morgan fingerprint density at radius 1 is 1.43 bits per heavy atom. The predicted molar refractivity (Wildman–Crippen MR) is 80.3 cm³/mol. The van der Waals surface area contributed by atoms with Crippen LogP contribution in [0.15, 0.2) is 17.2 Å². The molecule has 1 N–H and O–H groups in total. The Balaban J connectivity index is 3.11. The van der Waals surface area contributed by atoms with Crippen molar-refractivity contribution in [2.75, 3.05) is 32.5 Å². The molecule has 9 heteroatoms. The van der Waals surface area contributed by atoms with E-state index < -0.39 is 20.0 Å². The highest BCUT2D eigenvalue weighted by Crippen LogP contribution is 2.26. The van der Waals surface area contributed by atoms with E-state index in [-0.39, 0.29) is 16.4 Å². The van der Waals surface area contributed by atoms with Gasteiger partial charge in [-0.05, 0) is 27.9 Å². The van der Waals surface area contributed by atoms with Crippen LogP contribution in [0.4, 0.5) is 11.5 Å². The van der Waals surface area contributed by atoms with Gasteiger partial charge >= 0.3 is 5.69 Å². The molecule has 0 aliphatic heterocycles. The number of hydrogen-bond donors (Lipinski definition) is 1. The smallest absolute Gasteiger partial charge is 0.312 e. The first-order valence-electron chi connectivity index (χ1n) is 6.43. The van der Waals surface area contributed by atoms with Gasteiger partial charge in [-0.15, -0.1) is 0 Å². The number of nitrogens with zero attached hydrogens (tertiary/aromatic N) is 3. The maximum absolute atomic E-state index is 12.0. The summed E-state index contributed by atoms with van der Waals surface area (Å²) in [5.41, 5.74) is -0.338. The lowest BCUT2D eigenvalue weighted by molar-refractivity contribution is -0.384. The molecule has 1 rings (SSSR count). The summed E-state index contributed by atoms with van der Waals surface area (Å²) in [6.45, 7) is 4.18. The molecular weight excluding hydrogens is 296 g/mol. The van der Waals surface area contributed by atoms with Crippen LogP contribution in [0.2, 0.25) is 0 Å². The van der Waals surface area contributed by atoms with Gasteiger partial charge in [-0.2, -0.15) is 0 Å². The second kappa shape index (κ2) is 6.81. The maximum atomic E-state index is 12.0. The van der Waals surface area contributed by atoms with Crippen LogP contribution in [0.3, 0.4) is 0 Å². The number of anilines is 1. The largest absolute Gasteiger partial charge is 0.363 e. The summed E-state index contributed by atoms with van der Waals surface area (Å²) >= 11 is 0. The highest BCUT2D eigenvalue weighted by molar-refractivity contribution is 7.92. The number of aromatic nitrogens is 1. The van der Waals surface area contributed by atoms with E-state index in [2.05, 4.69) is 10.3 Å². The van der Waals surface area contributed by atoms with E-state index in [0.29, 0.717) is 13.1 Å². The number of nitro groups is 1. The van der Waals surface area contributed by atoms with E-state index in [0.717, 1.165) is 12.3 Å². The van der Waals surface area contributed by atoms with Crippen molar-refractivity contribution >= 4 is 21.3 Å².